The van der Waals surface area contributed by atoms with Gasteiger partial charge in [-0.25, -0.2) is 9.98 Å². The number of aryl methyl sites for hydroxylation is 2. The average molecular weight is 377 g/mol. The third kappa shape index (κ3) is 3.19. The molecule has 0 spiro atoms. The van der Waals surface area contributed by atoms with Crippen LogP contribution in [-0.2, 0) is 0 Å². The van der Waals surface area contributed by atoms with Gasteiger partial charge in [-0.2, -0.15) is 0 Å². The molecule has 0 unspecified atom stereocenters. The van der Waals surface area contributed by atoms with E-state index >= 15 is 0 Å². The van der Waals surface area contributed by atoms with E-state index < -0.39 is 0 Å². The van der Waals surface area contributed by atoms with E-state index in [1.54, 1.807) is 23.5 Å². The van der Waals surface area contributed by atoms with Crippen molar-refractivity contribution in [3.05, 3.63) is 64.0 Å². The molecule has 0 aliphatic rings. The number of benzene rings is 1. The maximum atomic E-state index is 9.91. The van der Waals surface area contributed by atoms with Gasteiger partial charge in [-0.3, -0.25) is 4.40 Å². The second-order valence-corrected chi connectivity index (χ2v) is 7.28. The molecule has 3 heterocycles. The lowest BCUT2D eigenvalue weighted by Gasteiger charge is -2.06. The highest BCUT2D eigenvalue weighted by Crippen LogP contribution is 2.36. The minimum Gasteiger partial charge on any atom is -0.504 e. The third-order valence-corrected chi connectivity index (χ3v) is 5.37. The molecule has 1 N–H and O–H groups in total. The van der Waals surface area contributed by atoms with Crippen molar-refractivity contribution in [3.8, 4) is 22.8 Å². The number of aromatic nitrogens is 2. The van der Waals surface area contributed by atoms with E-state index in [1.807, 2.05) is 41.9 Å². The largest absolute Gasteiger partial charge is 0.504 e. The summed E-state index contributed by atoms with van der Waals surface area (Å²) in [6.45, 7) is 4.11. The molecule has 1 aromatic carbocycles. The van der Waals surface area contributed by atoms with Crippen LogP contribution in [-0.4, -0.2) is 27.8 Å². The van der Waals surface area contributed by atoms with Gasteiger partial charge in [-0.15, -0.1) is 11.3 Å². The van der Waals surface area contributed by atoms with Crippen molar-refractivity contribution in [2.75, 3.05) is 7.11 Å². The average Bonchev–Trinajstić information content (AvgIpc) is 3.23. The molecule has 0 saturated heterocycles. The normalized spacial score (nSPS) is 11.5. The number of thiophene rings is 1. The van der Waals surface area contributed by atoms with Gasteiger partial charge in [0, 0.05) is 22.9 Å². The van der Waals surface area contributed by atoms with Gasteiger partial charge in [0.1, 0.15) is 11.3 Å². The van der Waals surface area contributed by atoms with Crippen molar-refractivity contribution in [3.63, 3.8) is 0 Å². The predicted molar refractivity (Wildman–Crippen MR) is 110 cm³/mol. The maximum Gasteiger partial charge on any atom is 0.165 e. The number of aliphatic imine (C=N–C) groups is 1. The smallest absolute Gasteiger partial charge is 0.165 e. The summed E-state index contributed by atoms with van der Waals surface area (Å²) in [7, 11) is 1.53. The molecule has 136 valence electrons. The van der Waals surface area contributed by atoms with Crippen LogP contribution in [0.4, 0.5) is 5.82 Å². The molecule has 0 fully saturated rings. The van der Waals surface area contributed by atoms with Crippen LogP contribution >= 0.6 is 11.3 Å². The maximum absolute atomic E-state index is 9.91. The molecule has 5 nitrogen and oxygen atoms in total. The molecule has 0 amide bonds. The van der Waals surface area contributed by atoms with Crippen LogP contribution in [0.2, 0.25) is 0 Å². The number of methoxy groups -OCH3 is 1. The number of nitrogens with zero attached hydrogens (tertiary/aromatic N) is 3. The Morgan fingerprint density at radius 2 is 2.04 bits per heavy atom. The summed E-state index contributed by atoms with van der Waals surface area (Å²) >= 11 is 1.66. The first kappa shape index (κ1) is 17.3. The van der Waals surface area contributed by atoms with Crippen molar-refractivity contribution < 1.29 is 9.84 Å². The van der Waals surface area contributed by atoms with Gasteiger partial charge in [0.15, 0.2) is 17.3 Å². The summed E-state index contributed by atoms with van der Waals surface area (Å²) < 4.78 is 7.23. The van der Waals surface area contributed by atoms with Crippen molar-refractivity contribution in [2.24, 2.45) is 4.99 Å². The first-order valence-corrected chi connectivity index (χ1v) is 9.39. The Balaban J connectivity index is 1.91. The summed E-state index contributed by atoms with van der Waals surface area (Å²) in [4.78, 5) is 10.7. The molecule has 0 atom stereocenters. The lowest BCUT2D eigenvalue weighted by Crippen LogP contribution is -1.87. The zero-order chi connectivity index (χ0) is 19.0. The summed E-state index contributed by atoms with van der Waals surface area (Å²) in [5, 5.41) is 12.0. The predicted octanol–water partition coefficient (Wildman–Crippen LogP) is 5.14. The fraction of sp³-hybridized carbons (Fsp3) is 0.143. The standard InChI is InChI=1S/C21H19N3O2S/c1-13-6-8-24-19(10-13)23-20(15-4-5-16(25)17(11-15)26-3)21(24)22-12-18-14(2)7-9-27-18/h4-12,25H,1-3H3. The Morgan fingerprint density at radius 1 is 1.19 bits per heavy atom. The second kappa shape index (κ2) is 6.89. The van der Waals surface area contributed by atoms with Crippen molar-refractivity contribution in [1.29, 1.82) is 0 Å². The van der Waals surface area contributed by atoms with Gasteiger partial charge in [0.25, 0.3) is 0 Å². The Kier molecular flexibility index (Phi) is 4.41. The van der Waals surface area contributed by atoms with Crippen molar-refractivity contribution >= 4 is 29.0 Å². The Bertz CT molecular complexity index is 1160. The monoisotopic (exact) mass is 377 g/mol. The molecule has 0 aliphatic carbocycles. The molecule has 0 aliphatic heterocycles. The topological polar surface area (TPSA) is 59.1 Å². The van der Waals surface area contributed by atoms with E-state index in [0.29, 0.717) is 5.75 Å². The van der Waals surface area contributed by atoms with Crippen molar-refractivity contribution in [1.82, 2.24) is 9.38 Å². The summed E-state index contributed by atoms with van der Waals surface area (Å²) in [6, 6.07) is 11.3. The second-order valence-electron chi connectivity index (χ2n) is 6.33. The van der Waals surface area contributed by atoms with Gasteiger partial charge in [-0.05, 0) is 66.8 Å². The minimum absolute atomic E-state index is 0.0973. The minimum atomic E-state index is 0.0973. The number of aromatic hydroxyl groups is 1. The van der Waals surface area contributed by atoms with Gasteiger partial charge >= 0.3 is 0 Å². The zero-order valence-electron chi connectivity index (χ0n) is 15.3. The van der Waals surface area contributed by atoms with Crippen LogP contribution in [0, 0.1) is 13.8 Å². The van der Waals surface area contributed by atoms with Crippen LogP contribution in [0.25, 0.3) is 16.9 Å². The van der Waals surface area contributed by atoms with E-state index in [4.69, 9.17) is 14.7 Å². The van der Waals surface area contributed by atoms with Crippen LogP contribution in [0.3, 0.4) is 0 Å². The highest BCUT2D eigenvalue weighted by molar-refractivity contribution is 7.11. The molecule has 0 saturated carbocycles. The number of ether oxygens (including phenoxy) is 1. The number of phenolic OH excluding ortho intramolecular Hbond substituents is 1. The SMILES string of the molecule is COc1cc(-c2nc3cc(C)ccn3c2N=Cc2sccc2C)ccc1O. The highest BCUT2D eigenvalue weighted by atomic mass is 32.1. The number of hydrogen-bond donors (Lipinski definition) is 1. The number of phenols is 1. The van der Waals surface area contributed by atoms with E-state index in [2.05, 4.69) is 18.4 Å². The van der Waals surface area contributed by atoms with Crippen LogP contribution in [0.5, 0.6) is 11.5 Å². The molecule has 6 heteroatoms. The summed E-state index contributed by atoms with van der Waals surface area (Å²) in [6.07, 6.45) is 3.86. The number of pyridine rings is 1. The van der Waals surface area contributed by atoms with Gasteiger partial charge in [-0.1, -0.05) is 0 Å². The molecule has 0 radical (unpaired) electrons. The lowest BCUT2D eigenvalue weighted by atomic mass is 10.1. The first-order chi connectivity index (χ1) is 13.1. The molecular weight excluding hydrogens is 358 g/mol. The Hall–Kier alpha value is -3.12. The quantitative estimate of drug-likeness (QED) is 0.501. The molecule has 4 rings (SSSR count). The number of imidazole rings is 1. The molecule has 0 bridgehead atoms. The summed E-state index contributed by atoms with van der Waals surface area (Å²) in [5.41, 5.74) is 4.73. The van der Waals surface area contributed by atoms with E-state index in [0.717, 1.165) is 33.2 Å². The van der Waals surface area contributed by atoms with E-state index in [-0.39, 0.29) is 5.75 Å². The first-order valence-electron chi connectivity index (χ1n) is 8.51. The molecule has 27 heavy (non-hydrogen) atoms. The van der Waals surface area contributed by atoms with Crippen LogP contribution in [0.15, 0.2) is 53.0 Å². The number of rotatable bonds is 4. The molecule has 3 aromatic heterocycles. The Morgan fingerprint density at radius 3 is 2.78 bits per heavy atom. The van der Waals surface area contributed by atoms with Gasteiger partial charge in [0.05, 0.1) is 7.11 Å². The zero-order valence-corrected chi connectivity index (χ0v) is 16.1. The van der Waals surface area contributed by atoms with Crippen molar-refractivity contribution in [2.45, 2.75) is 13.8 Å². The number of fused-ring (bicyclic) bond motifs is 1. The fourth-order valence-electron chi connectivity index (χ4n) is 2.91. The summed E-state index contributed by atoms with van der Waals surface area (Å²) in [5.74, 6) is 1.25. The molecule has 4 aromatic rings. The van der Waals surface area contributed by atoms with Crippen LogP contribution < -0.4 is 4.74 Å². The van der Waals surface area contributed by atoms with E-state index in [9.17, 15) is 5.11 Å². The Labute approximate surface area is 161 Å². The fourth-order valence-corrected chi connectivity index (χ4v) is 3.70. The van der Waals surface area contributed by atoms with E-state index in [1.165, 1.54) is 12.7 Å². The number of hydrogen-bond acceptors (Lipinski definition) is 5. The molecular formula is C21H19N3O2S. The van der Waals surface area contributed by atoms with Crippen LogP contribution in [0.1, 0.15) is 16.0 Å². The van der Waals surface area contributed by atoms with Gasteiger partial charge < -0.3 is 9.84 Å². The highest BCUT2D eigenvalue weighted by Gasteiger charge is 2.15. The van der Waals surface area contributed by atoms with Gasteiger partial charge in [0.2, 0.25) is 0 Å². The third-order valence-electron chi connectivity index (χ3n) is 4.42. The lowest BCUT2D eigenvalue weighted by molar-refractivity contribution is 0.373.